The fraction of sp³-hybridized carbons (Fsp3) is 0.125. The van der Waals surface area contributed by atoms with Crippen molar-refractivity contribution in [1.29, 1.82) is 0 Å². The summed E-state index contributed by atoms with van der Waals surface area (Å²) in [6, 6.07) is 10.6. The van der Waals surface area contributed by atoms with Crippen molar-refractivity contribution < 1.29 is 0 Å². The average Bonchev–Trinajstić information content (AvgIpc) is 2.62. The third kappa shape index (κ3) is 4.87. The van der Waals surface area contributed by atoms with Gasteiger partial charge in [0.15, 0.2) is 11.6 Å². The Bertz CT molecular complexity index is 915. The first kappa shape index (κ1) is 19.4. The molecule has 0 unspecified atom stereocenters. The van der Waals surface area contributed by atoms with Gasteiger partial charge >= 0.3 is 0 Å². The van der Waals surface area contributed by atoms with Gasteiger partial charge in [0, 0.05) is 11.8 Å². The van der Waals surface area contributed by atoms with E-state index in [1.165, 1.54) is 0 Å². The zero-order valence-electron chi connectivity index (χ0n) is 12.9. The van der Waals surface area contributed by atoms with E-state index in [1.54, 1.807) is 24.4 Å². The number of rotatable bonds is 4. The quantitative estimate of drug-likeness (QED) is 0.519. The van der Waals surface area contributed by atoms with Crippen molar-refractivity contribution in [2.24, 2.45) is 0 Å². The molecule has 0 saturated heterocycles. The van der Waals surface area contributed by atoms with Gasteiger partial charge in [-0.15, -0.1) is 0 Å². The lowest BCUT2D eigenvalue weighted by Gasteiger charge is -2.13. The smallest absolute Gasteiger partial charge is 0.250 e. The third-order valence-corrected chi connectivity index (χ3v) is 4.47. The molecule has 1 N–H and O–H groups in total. The molecule has 0 bridgehead atoms. The number of anilines is 1. The summed E-state index contributed by atoms with van der Waals surface area (Å²) in [6.45, 7) is 0.394. The molecule has 1 aromatic carbocycles. The Balaban J connectivity index is 1.97. The minimum absolute atomic E-state index is 0.0120. The summed E-state index contributed by atoms with van der Waals surface area (Å²) in [5.74, 6) is 0.526. The van der Waals surface area contributed by atoms with Gasteiger partial charge in [-0.05, 0) is 30.3 Å². The largest absolute Gasteiger partial charge is 0.348 e. The van der Waals surface area contributed by atoms with E-state index >= 15 is 0 Å². The number of hydrogen-bond acceptors (Lipinski definition) is 5. The standard InChI is InChI=1S/C16H10Cl5N5/c17-11-5-4-9(7-12(11)18)13-24-14(16(19,20)21)26-15(25-13)23-8-10-3-1-2-6-22-10/h1-7H,8H2,(H,23,24,25,26). The van der Waals surface area contributed by atoms with Gasteiger partial charge < -0.3 is 5.32 Å². The molecule has 0 amide bonds. The van der Waals surface area contributed by atoms with Gasteiger partial charge in [0.2, 0.25) is 9.74 Å². The molecule has 5 nitrogen and oxygen atoms in total. The highest BCUT2D eigenvalue weighted by molar-refractivity contribution is 6.66. The molecule has 0 saturated carbocycles. The summed E-state index contributed by atoms with van der Waals surface area (Å²) < 4.78 is -1.81. The fourth-order valence-corrected chi connectivity index (χ4v) is 2.57. The van der Waals surface area contributed by atoms with Crippen molar-refractivity contribution in [2.75, 3.05) is 5.32 Å². The molecule has 0 radical (unpaired) electrons. The van der Waals surface area contributed by atoms with Crippen LogP contribution in [0.1, 0.15) is 11.5 Å². The van der Waals surface area contributed by atoms with E-state index in [-0.39, 0.29) is 11.8 Å². The zero-order valence-corrected chi connectivity index (χ0v) is 16.7. The molecule has 3 rings (SSSR count). The Morgan fingerprint density at radius 2 is 1.73 bits per heavy atom. The van der Waals surface area contributed by atoms with Crippen LogP contribution in [0.25, 0.3) is 11.4 Å². The molecule has 0 aliphatic heterocycles. The summed E-state index contributed by atoms with van der Waals surface area (Å²) in [7, 11) is 0. The zero-order chi connectivity index (χ0) is 18.7. The third-order valence-electron chi connectivity index (χ3n) is 3.22. The predicted octanol–water partition coefficient (Wildman–Crippen LogP) is 5.68. The molecule has 0 aliphatic carbocycles. The molecular formula is C16H10Cl5N5. The van der Waals surface area contributed by atoms with Crippen molar-refractivity contribution >= 4 is 64.0 Å². The SMILES string of the molecule is Clc1ccc(-c2nc(NCc3ccccn3)nc(C(Cl)(Cl)Cl)n2)cc1Cl. The fourth-order valence-electron chi connectivity index (χ4n) is 2.02. The number of halogens is 5. The molecule has 134 valence electrons. The van der Waals surface area contributed by atoms with E-state index < -0.39 is 3.79 Å². The molecule has 3 aromatic rings. The van der Waals surface area contributed by atoms with Crippen molar-refractivity contribution in [1.82, 2.24) is 19.9 Å². The van der Waals surface area contributed by atoms with E-state index in [1.807, 2.05) is 18.2 Å². The molecule has 2 aromatic heterocycles. The number of benzene rings is 1. The summed E-state index contributed by atoms with van der Waals surface area (Å²) >= 11 is 29.9. The van der Waals surface area contributed by atoms with Gasteiger partial charge in [0.25, 0.3) is 0 Å². The van der Waals surface area contributed by atoms with Crippen molar-refractivity contribution in [3.63, 3.8) is 0 Å². The number of nitrogens with zero attached hydrogens (tertiary/aromatic N) is 4. The molecular weight excluding hydrogens is 439 g/mol. The molecule has 26 heavy (non-hydrogen) atoms. The second-order valence-corrected chi connectivity index (χ2v) is 8.20. The van der Waals surface area contributed by atoms with Crippen LogP contribution < -0.4 is 5.32 Å². The van der Waals surface area contributed by atoms with E-state index in [0.29, 0.717) is 28.0 Å². The van der Waals surface area contributed by atoms with Crippen molar-refractivity contribution in [2.45, 2.75) is 10.3 Å². The van der Waals surface area contributed by atoms with Crippen LogP contribution in [0.15, 0.2) is 42.6 Å². The van der Waals surface area contributed by atoms with E-state index in [2.05, 4.69) is 25.3 Å². The first-order chi connectivity index (χ1) is 12.3. The first-order valence-electron chi connectivity index (χ1n) is 7.25. The second kappa shape index (κ2) is 8.11. The molecule has 2 heterocycles. The maximum atomic E-state index is 6.07. The van der Waals surface area contributed by atoms with Gasteiger partial charge in [-0.3, -0.25) is 4.98 Å². The molecule has 0 fully saturated rings. The topological polar surface area (TPSA) is 63.6 Å². The highest BCUT2D eigenvalue weighted by Gasteiger charge is 2.28. The molecule has 0 aliphatic rings. The summed E-state index contributed by atoms with van der Waals surface area (Å²) in [5, 5.41) is 3.83. The monoisotopic (exact) mass is 447 g/mol. The molecule has 10 heteroatoms. The molecule has 0 spiro atoms. The van der Waals surface area contributed by atoms with Crippen LogP contribution in [0.5, 0.6) is 0 Å². The lowest BCUT2D eigenvalue weighted by atomic mass is 10.2. The van der Waals surface area contributed by atoms with Crippen LogP contribution in [-0.4, -0.2) is 19.9 Å². The van der Waals surface area contributed by atoms with Crippen molar-refractivity contribution in [3.8, 4) is 11.4 Å². The second-order valence-electron chi connectivity index (χ2n) is 5.11. The number of pyridine rings is 1. The van der Waals surface area contributed by atoms with Crippen LogP contribution in [0.2, 0.25) is 10.0 Å². The number of hydrogen-bond donors (Lipinski definition) is 1. The highest BCUT2D eigenvalue weighted by atomic mass is 35.6. The van der Waals surface area contributed by atoms with Gasteiger partial charge in [0.1, 0.15) is 0 Å². The Morgan fingerprint density at radius 1 is 0.923 bits per heavy atom. The lowest BCUT2D eigenvalue weighted by Crippen LogP contribution is -2.13. The predicted molar refractivity (Wildman–Crippen MR) is 106 cm³/mol. The van der Waals surface area contributed by atoms with Crippen molar-refractivity contribution in [3.05, 3.63) is 64.2 Å². The highest BCUT2D eigenvalue weighted by Crippen LogP contribution is 2.37. The maximum absolute atomic E-state index is 6.07. The van der Waals surface area contributed by atoms with Crippen LogP contribution in [-0.2, 0) is 10.3 Å². The summed E-state index contributed by atoms with van der Waals surface area (Å²) in [6.07, 6.45) is 1.69. The van der Waals surface area contributed by atoms with Crippen LogP contribution in [0.3, 0.4) is 0 Å². The average molecular weight is 450 g/mol. The Kier molecular flexibility index (Phi) is 6.05. The van der Waals surface area contributed by atoms with Gasteiger partial charge in [-0.25, -0.2) is 4.98 Å². The Morgan fingerprint density at radius 3 is 2.38 bits per heavy atom. The minimum Gasteiger partial charge on any atom is -0.348 e. The van der Waals surface area contributed by atoms with E-state index in [9.17, 15) is 0 Å². The van der Waals surface area contributed by atoms with Gasteiger partial charge in [0.05, 0.1) is 22.3 Å². The summed E-state index contributed by atoms with van der Waals surface area (Å²) in [4.78, 5) is 17.0. The normalized spacial score (nSPS) is 11.4. The maximum Gasteiger partial charge on any atom is 0.250 e. The summed E-state index contributed by atoms with van der Waals surface area (Å²) in [5.41, 5.74) is 1.41. The molecule has 0 atom stereocenters. The first-order valence-corrected chi connectivity index (χ1v) is 9.14. The van der Waals surface area contributed by atoms with E-state index in [4.69, 9.17) is 58.0 Å². The minimum atomic E-state index is -1.81. The number of aromatic nitrogens is 4. The van der Waals surface area contributed by atoms with Crippen LogP contribution in [0, 0.1) is 0 Å². The Labute approximate surface area is 174 Å². The van der Waals surface area contributed by atoms with E-state index in [0.717, 1.165) is 5.69 Å². The van der Waals surface area contributed by atoms with Gasteiger partial charge in [-0.1, -0.05) is 64.1 Å². The van der Waals surface area contributed by atoms with Gasteiger partial charge in [-0.2, -0.15) is 9.97 Å². The van der Waals surface area contributed by atoms with Crippen LogP contribution >= 0.6 is 58.0 Å². The lowest BCUT2D eigenvalue weighted by molar-refractivity contribution is 0.906. The number of nitrogens with one attached hydrogen (secondary N) is 1. The van der Waals surface area contributed by atoms with Crippen LogP contribution in [0.4, 0.5) is 5.95 Å². The Hall–Kier alpha value is -1.37. The number of alkyl halides is 3.